The highest BCUT2D eigenvalue weighted by Gasteiger charge is 2.09. The summed E-state index contributed by atoms with van der Waals surface area (Å²) in [5.41, 5.74) is 0.784. The molecule has 3 heteroatoms. The lowest BCUT2D eigenvalue weighted by molar-refractivity contribution is 0.0948. The second kappa shape index (κ2) is 6.26. The Morgan fingerprint density at radius 1 is 1.33 bits per heavy atom. The summed E-state index contributed by atoms with van der Waals surface area (Å²) in [6.45, 7) is 3.31. The van der Waals surface area contributed by atoms with Gasteiger partial charge in [0.1, 0.15) is 0 Å². The molecule has 0 bridgehead atoms. The molecular formula is C15H17NO2. The van der Waals surface area contributed by atoms with Crippen LogP contribution >= 0.6 is 0 Å². The van der Waals surface area contributed by atoms with Gasteiger partial charge in [0.25, 0.3) is 0 Å². The molecule has 0 saturated heterocycles. The minimum absolute atomic E-state index is 0.173. The van der Waals surface area contributed by atoms with Gasteiger partial charge in [0, 0.05) is 43.0 Å². The Balaban J connectivity index is 2.13. The molecule has 3 nitrogen and oxygen atoms in total. The highest BCUT2D eigenvalue weighted by Crippen LogP contribution is 2.19. The molecule has 1 aromatic heterocycles. The second-order valence-electron chi connectivity index (χ2n) is 4.13. The number of hydrogen-bond acceptors (Lipinski definition) is 3. The van der Waals surface area contributed by atoms with Gasteiger partial charge in [-0.05, 0) is 24.8 Å². The van der Waals surface area contributed by atoms with Crippen molar-refractivity contribution < 1.29 is 9.53 Å². The first-order valence-electron chi connectivity index (χ1n) is 6.26. The minimum Gasteiger partial charge on any atom is -0.382 e. The van der Waals surface area contributed by atoms with E-state index in [9.17, 15) is 4.79 Å². The second-order valence-corrected chi connectivity index (χ2v) is 4.13. The Labute approximate surface area is 107 Å². The first-order valence-corrected chi connectivity index (χ1v) is 6.26. The van der Waals surface area contributed by atoms with Gasteiger partial charge in [0.2, 0.25) is 0 Å². The summed E-state index contributed by atoms with van der Waals surface area (Å²) in [5, 5.41) is 1.99. The normalized spacial score (nSPS) is 10.7. The zero-order valence-electron chi connectivity index (χ0n) is 10.6. The Hall–Kier alpha value is -1.74. The van der Waals surface area contributed by atoms with Crippen LogP contribution in [0.25, 0.3) is 10.8 Å². The predicted octanol–water partition coefficient (Wildman–Crippen LogP) is 3.23. The summed E-state index contributed by atoms with van der Waals surface area (Å²) < 4.78 is 5.25. The fourth-order valence-electron chi connectivity index (χ4n) is 1.98. The van der Waals surface area contributed by atoms with E-state index in [-0.39, 0.29) is 5.78 Å². The van der Waals surface area contributed by atoms with E-state index >= 15 is 0 Å². The number of nitrogens with zero attached hydrogens (tertiary/aromatic N) is 1. The molecule has 0 radical (unpaired) electrons. The van der Waals surface area contributed by atoms with E-state index < -0.39 is 0 Å². The number of ether oxygens (including phenoxy) is 1. The van der Waals surface area contributed by atoms with Gasteiger partial charge in [-0.1, -0.05) is 18.2 Å². The van der Waals surface area contributed by atoms with Crippen LogP contribution in [0.15, 0.2) is 36.7 Å². The number of ketones is 1. The molecule has 2 rings (SSSR count). The zero-order chi connectivity index (χ0) is 12.8. The fourth-order valence-corrected chi connectivity index (χ4v) is 1.98. The van der Waals surface area contributed by atoms with Crippen LogP contribution in [0.4, 0.5) is 0 Å². The van der Waals surface area contributed by atoms with Gasteiger partial charge in [0.05, 0.1) is 0 Å². The molecule has 0 spiro atoms. The third-order valence-corrected chi connectivity index (χ3v) is 2.88. The van der Waals surface area contributed by atoms with E-state index in [1.165, 1.54) is 0 Å². The molecule has 0 fully saturated rings. The SMILES string of the molecule is CCOCCCC(=O)c1cccc2cnccc12. The van der Waals surface area contributed by atoms with Gasteiger partial charge in [-0.15, -0.1) is 0 Å². The third kappa shape index (κ3) is 2.93. The van der Waals surface area contributed by atoms with Gasteiger partial charge in [0.15, 0.2) is 5.78 Å². The Kier molecular flexibility index (Phi) is 4.42. The van der Waals surface area contributed by atoms with E-state index in [1.54, 1.807) is 12.4 Å². The van der Waals surface area contributed by atoms with Crippen molar-refractivity contribution >= 4 is 16.6 Å². The Morgan fingerprint density at radius 2 is 2.22 bits per heavy atom. The lowest BCUT2D eigenvalue weighted by Crippen LogP contribution is -2.03. The lowest BCUT2D eigenvalue weighted by atomic mass is 10.0. The predicted molar refractivity (Wildman–Crippen MR) is 71.8 cm³/mol. The summed E-state index contributed by atoms with van der Waals surface area (Å²) >= 11 is 0. The number of Topliss-reactive ketones (excluding diaryl/α,β-unsaturated/α-hetero) is 1. The molecule has 0 N–H and O–H groups in total. The van der Waals surface area contributed by atoms with Crippen molar-refractivity contribution in [2.24, 2.45) is 0 Å². The van der Waals surface area contributed by atoms with Crippen molar-refractivity contribution in [3.05, 3.63) is 42.2 Å². The molecule has 2 aromatic rings. The van der Waals surface area contributed by atoms with Crippen LogP contribution < -0.4 is 0 Å². The Morgan fingerprint density at radius 3 is 3.06 bits per heavy atom. The van der Waals surface area contributed by atoms with E-state index in [1.807, 2.05) is 31.2 Å². The van der Waals surface area contributed by atoms with E-state index in [0.717, 1.165) is 22.8 Å². The van der Waals surface area contributed by atoms with Crippen molar-refractivity contribution in [1.82, 2.24) is 4.98 Å². The van der Waals surface area contributed by atoms with Crippen LogP contribution in [0.2, 0.25) is 0 Å². The quantitative estimate of drug-likeness (QED) is 0.577. The fraction of sp³-hybridized carbons (Fsp3) is 0.333. The average Bonchev–Trinajstić information content (AvgIpc) is 2.43. The summed E-state index contributed by atoms with van der Waals surface area (Å²) in [4.78, 5) is 16.2. The smallest absolute Gasteiger partial charge is 0.163 e. The summed E-state index contributed by atoms with van der Waals surface area (Å²) in [6.07, 6.45) is 4.81. The number of fused-ring (bicyclic) bond motifs is 1. The van der Waals surface area contributed by atoms with Crippen LogP contribution in [0.1, 0.15) is 30.1 Å². The monoisotopic (exact) mass is 243 g/mol. The van der Waals surface area contributed by atoms with Crippen molar-refractivity contribution in [2.75, 3.05) is 13.2 Å². The maximum Gasteiger partial charge on any atom is 0.163 e. The molecule has 18 heavy (non-hydrogen) atoms. The minimum atomic E-state index is 0.173. The molecule has 0 atom stereocenters. The van der Waals surface area contributed by atoms with Gasteiger partial charge in [-0.3, -0.25) is 9.78 Å². The molecule has 0 aliphatic carbocycles. The number of carbonyl (C=O) groups is 1. The van der Waals surface area contributed by atoms with Gasteiger partial charge in [-0.2, -0.15) is 0 Å². The number of benzene rings is 1. The van der Waals surface area contributed by atoms with Crippen molar-refractivity contribution in [1.29, 1.82) is 0 Å². The molecule has 1 aromatic carbocycles. The van der Waals surface area contributed by atoms with Crippen LogP contribution in [0.5, 0.6) is 0 Å². The molecule has 0 unspecified atom stereocenters. The van der Waals surface area contributed by atoms with Gasteiger partial charge in [-0.25, -0.2) is 0 Å². The highest BCUT2D eigenvalue weighted by atomic mass is 16.5. The van der Waals surface area contributed by atoms with E-state index in [0.29, 0.717) is 19.6 Å². The first kappa shape index (κ1) is 12.7. The molecule has 0 saturated carbocycles. The Bertz CT molecular complexity index is 532. The van der Waals surface area contributed by atoms with Crippen LogP contribution in [0, 0.1) is 0 Å². The van der Waals surface area contributed by atoms with E-state index in [2.05, 4.69) is 4.98 Å². The molecule has 0 aliphatic heterocycles. The topological polar surface area (TPSA) is 39.2 Å². The maximum atomic E-state index is 12.1. The lowest BCUT2D eigenvalue weighted by Gasteiger charge is -2.05. The molecule has 0 aliphatic rings. The van der Waals surface area contributed by atoms with Gasteiger partial charge >= 0.3 is 0 Å². The standard InChI is InChI=1S/C15H17NO2/c1-2-18-10-4-7-15(17)14-6-3-5-12-11-16-9-8-13(12)14/h3,5-6,8-9,11H,2,4,7,10H2,1H3. The van der Waals surface area contributed by atoms with Gasteiger partial charge < -0.3 is 4.74 Å². The van der Waals surface area contributed by atoms with Crippen molar-refractivity contribution in [3.8, 4) is 0 Å². The number of rotatable bonds is 6. The van der Waals surface area contributed by atoms with E-state index in [4.69, 9.17) is 4.74 Å². The summed E-state index contributed by atoms with van der Waals surface area (Å²) in [7, 11) is 0. The van der Waals surface area contributed by atoms with Crippen LogP contribution in [0.3, 0.4) is 0 Å². The maximum absolute atomic E-state index is 12.1. The third-order valence-electron chi connectivity index (χ3n) is 2.88. The first-order chi connectivity index (χ1) is 8.83. The number of aromatic nitrogens is 1. The number of carbonyl (C=O) groups excluding carboxylic acids is 1. The highest BCUT2D eigenvalue weighted by molar-refractivity contribution is 6.07. The summed E-state index contributed by atoms with van der Waals surface area (Å²) in [6, 6.07) is 7.65. The largest absolute Gasteiger partial charge is 0.382 e. The molecule has 0 amide bonds. The number of pyridine rings is 1. The number of hydrogen-bond donors (Lipinski definition) is 0. The zero-order valence-corrected chi connectivity index (χ0v) is 10.6. The van der Waals surface area contributed by atoms with Crippen LogP contribution in [-0.2, 0) is 4.74 Å². The molecular weight excluding hydrogens is 226 g/mol. The molecule has 1 heterocycles. The summed E-state index contributed by atoms with van der Waals surface area (Å²) in [5.74, 6) is 0.173. The average molecular weight is 243 g/mol. The van der Waals surface area contributed by atoms with Crippen molar-refractivity contribution in [3.63, 3.8) is 0 Å². The van der Waals surface area contributed by atoms with Crippen molar-refractivity contribution in [2.45, 2.75) is 19.8 Å². The van der Waals surface area contributed by atoms with Crippen LogP contribution in [-0.4, -0.2) is 24.0 Å². The molecule has 94 valence electrons.